The van der Waals surface area contributed by atoms with Crippen molar-refractivity contribution in [1.29, 1.82) is 0 Å². The normalized spacial score (nSPS) is 11.7. The Balaban J connectivity index is 4.45. The second-order valence-electron chi connectivity index (χ2n) is 4.58. The van der Waals surface area contributed by atoms with Gasteiger partial charge in [0.05, 0.1) is 6.61 Å². The Morgan fingerprint density at radius 1 is 1.13 bits per heavy atom. The Bertz CT molecular complexity index is 582. The summed E-state index contributed by atoms with van der Waals surface area (Å²) in [6.45, 7) is 3.50. The number of esters is 1. The molecule has 0 saturated heterocycles. The van der Waals surface area contributed by atoms with Crippen molar-refractivity contribution in [2.75, 3.05) is 13.2 Å². The van der Waals surface area contributed by atoms with Crippen molar-refractivity contribution in [3.8, 4) is 23.7 Å². The predicted molar refractivity (Wildman–Crippen MR) is 91.1 cm³/mol. The SMILES string of the molecule is CC(C)=CC(=O)OC(C=CC=CC#CC#CC=CCO)CCO. The maximum atomic E-state index is 11.5. The molecule has 122 valence electrons. The van der Waals surface area contributed by atoms with Gasteiger partial charge in [-0.1, -0.05) is 35.6 Å². The van der Waals surface area contributed by atoms with Gasteiger partial charge in [0, 0.05) is 19.1 Å². The third kappa shape index (κ3) is 14.2. The van der Waals surface area contributed by atoms with E-state index in [4.69, 9.17) is 14.9 Å². The van der Waals surface area contributed by atoms with Crippen LogP contribution in [0.4, 0.5) is 0 Å². The standard InChI is InChI=1S/C19H22O4/c1-17(2)16-19(22)23-18(13-15-21)12-10-8-6-4-3-5-7-9-11-14-20/h6,8-12,16,18,20-21H,13-15H2,1-2H3. The van der Waals surface area contributed by atoms with Gasteiger partial charge in [0.25, 0.3) is 0 Å². The van der Waals surface area contributed by atoms with Crippen LogP contribution < -0.4 is 0 Å². The molecule has 0 saturated carbocycles. The summed E-state index contributed by atoms with van der Waals surface area (Å²) in [6.07, 6.45) is 11.0. The molecule has 0 aliphatic heterocycles. The number of rotatable bonds is 7. The Labute approximate surface area is 137 Å². The molecule has 4 nitrogen and oxygen atoms in total. The Kier molecular flexibility index (Phi) is 12.8. The number of carbonyl (C=O) groups excluding carboxylic acids is 1. The van der Waals surface area contributed by atoms with Gasteiger partial charge < -0.3 is 14.9 Å². The molecule has 0 amide bonds. The molecule has 0 fully saturated rings. The Morgan fingerprint density at radius 2 is 1.83 bits per heavy atom. The number of allylic oxidation sites excluding steroid dienone is 5. The van der Waals surface area contributed by atoms with Gasteiger partial charge in [-0.25, -0.2) is 4.79 Å². The zero-order chi connectivity index (χ0) is 17.3. The summed E-state index contributed by atoms with van der Waals surface area (Å²) in [7, 11) is 0. The predicted octanol–water partition coefficient (Wildman–Crippen LogP) is 1.91. The molecule has 0 radical (unpaired) electrons. The lowest BCUT2D eigenvalue weighted by Crippen LogP contribution is -2.16. The second-order valence-corrected chi connectivity index (χ2v) is 4.58. The fourth-order valence-corrected chi connectivity index (χ4v) is 1.30. The van der Waals surface area contributed by atoms with Gasteiger partial charge in [0.1, 0.15) is 6.10 Å². The van der Waals surface area contributed by atoms with E-state index < -0.39 is 12.1 Å². The van der Waals surface area contributed by atoms with E-state index >= 15 is 0 Å². The average Bonchev–Trinajstić information content (AvgIpc) is 2.48. The number of aliphatic hydroxyl groups is 2. The molecular weight excluding hydrogens is 292 g/mol. The van der Waals surface area contributed by atoms with Crippen LogP contribution in [0.1, 0.15) is 20.3 Å². The van der Waals surface area contributed by atoms with Crippen molar-refractivity contribution in [2.45, 2.75) is 26.4 Å². The van der Waals surface area contributed by atoms with Crippen LogP contribution in [0.3, 0.4) is 0 Å². The first-order valence-corrected chi connectivity index (χ1v) is 7.16. The molecule has 0 rings (SSSR count). The number of ether oxygens (including phenoxy) is 1. The van der Waals surface area contributed by atoms with Crippen LogP contribution in [0, 0.1) is 23.7 Å². The Hall–Kier alpha value is -2.53. The van der Waals surface area contributed by atoms with Gasteiger partial charge >= 0.3 is 5.97 Å². The molecule has 0 spiro atoms. The summed E-state index contributed by atoms with van der Waals surface area (Å²) in [5, 5.41) is 17.5. The molecule has 2 N–H and O–H groups in total. The van der Waals surface area contributed by atoms with E-state index in [9.17, 15) is 4.79 Å². The highest BCUT2D eigenvalue weighted by Crippen LogP contribution is 2.03. The van der Waals surface area contributed by atoms with Gasteiger partial charge in [-0.05, 0) is 43.9 Å². The summed E-state index contributed by atoms with van der Waals surface area (Å²) in [5.41, 5.74) is 0.854. The molecule has 0 aromatic heterocycles. The van der Waals surface area contributed by atoms with Gasteiger partial charge in [-0.15, -0.1) is 0 Å². The minimum absolute atomic E-state index is 0.0417. The summed E-state index contributed by atoms with van der Waals surface area (Å²) >= 11 is 0. The minimum atomic E-state index is -0.482. The minimum Gasteiger partial charge on any atom is -0.455 e. The van der Waals surface area contributed by atoms with Gasteiger partial charge in [0.2, 0.25) is 0 Å². The van der Waals surface area contributed by atoms with Gasteiger partial charge in [-0.3, -0.25) is 0 Å². The fraction of sp³-hybridized carbons (Fsp3) is 0.316. The van der Waals surface area contributed by atoms with Crippen LogP contribution in [-0.4, -0.2) is 35.5 Å². The van der Waals surface area contributed by atoms with E-state index in [0.29, 0.717) is 6.42 Å². The largest absolute Gasteiger partial charge is 0.455 e. The van der Waals surface area contributed by atoms with Crippen molar-refractivity contribution in [3.63, 3.8) is 0 Å². The first kappa shape index (κ1) is 20.5. The monoisotopic (exact) mass is 314 g/mol. The lowest BCUT2D eigenvalue weighted by atomic mass is 10.2. The van der Waals surface area contributed by atoms with E-state index in [1.54, 1.807) is 24.3 Å². The first-order chi connectivity index (χ1) is 11.1. The number of aliphatic hydroxyl groups excluding tert-OH is 2. The van der Waals surface area contributed by atoms with Gasteiger partial charge in [0.15, 0.2) is 0 Å². The number of hydrogen-bond acceptors (Lipinski definition) is 4. The van der Waals surface area contributed by atoms with E-state index in [-0.39, 0.29) is 13.2 Å². The van der Waals surface area contributed by atoms with Crippen molar-refractivity contribution in [2.24, 2.45) is 0 Å². The highest BCUT2D eigenvalue weighted by molar-refractivity contribution is 5.82. The molecule has 0 bridgehead atoms. The highest BCUT2D eigenvalue weighted by Gasteiger charge is 2.08. The lowest BCUT2D eigenvalue weighted by Gasteiger charge is -2.11. The van der Waals surface area contributed by atoms with E-state index in [2.05, 4.69) is 23.7 Å². The van der Waals surface area contributed by atoms with Crippen LogP contribution in [0.2, 0.25) is 0 Å². The fourth-order valence-electron chi connectivity index (χ4n) is 1.30. The van der Waals surface area contributed by atoms with Crippen molar-refractivity contribution in [1.82, 2.24) is 0 Å². The summed E-state index contributed by atoms with van der Waals surface area (Å²) in [5.74, 6) is 10.1. The van der Waals surface area contributed by atoms with Crippen LogP contribution >= 0.6 is 0 Å². The molecule has 0 heterocycles. The zero-order valence-corrected chi connectivity index (χ0v) is 13.5. The van der Waals surface area contributed by atoms with E-state index in [0.717, 1.165) is 5.57 Å². The molecule has 23 heavy (non-hydrogen) atoms. The molecule has 0 aliphatic carbocycles. The third-order valence-electron chi connectivity index (χ3n) is 2.22. The summed E-state index contributed by atoms with van der Waals surface area (Å²) in [4.78, 5) is 11.5. The first-order valence-electron chi connectivity index (χ1n) is 7.16. The lowest BCUT2D eigenvalue weighted by molar-refractivity contribution is -0.141. The maximum Gasteiger partial charge on any atom is 0.331 e. The van der Waals surface area contributed by atoms with Gasteiger partial charge in [-0.2, -0.15) is 0 Å². The number of hydrogen-bond donors (Lipinski definition) is 2. The second kappa shape index (κ2) is 14.4. The highest BCUT2D eigenvalue weighted by atomic mass is 16.5. The molecule has 0 aliphatic rings. The smallest absolute Gasteiger partial charge is 0.331 e. The van der Waals surface area contributed by atoms with Crippen LogP contribution in [0.5, 0.6) is 0 Å². The average molecular weight is 314 g/mol. The van der Waals surface area contributed by atoms with Crippen LogP contribution in [0.25, 0.3) is 0 Å². The molecule has 0 aromatic carbocycles. The van der Waals surface area contributed by atoms with Crippen LogP contribution in [-0.2, 0) is 9.53 Å². The van der Waals surface area contributed by atoms with E-state index in [1.807, 2.05) is 13.8 Å². The van der Waals surface area contributed by atoms with Crippen molar-refractivity contribution >= 4 is 5.97 Å². The Morgan fingerprint density at radius 3 is 2.43 bits per heavy atom. The topological polar surface area (TPSA) is 66.8 Å². The zero-order valence-electron chi connectivity index (χ0n) is 13.5. The van der Waals surface area contributed by atoms with Crippen molar-refractivity contribution < 1.29 is 19.7 Å². The molecule has 1 unspecified atom stereocenters. The molecule has 4 heteroatoms. The molecule has 0 aromatic rings. The maximum absolute atomic E-state index is 11.5. The molecule has 1 atom stereocenters. The summed E-state index contributed by atoms with van der Waals surface area (Å²) < 4.78 is 5.20. The third-order valence-corrected chi connectivity index (χ3v) is 2.22. The van der Waals surface area contributed by atoms with Crippen molar-refractivity contribution in [3.05, 3.63) is 48.1 Å². The number of carbonyl (C=O) groups is 1. The van der Waals surface area contributed by atoms with Crippen LogP contribution in [0.15, 0.2) is 48.1 Å². The quantitative estimate of drug-likeness (QED) is 0.326. The molecular formula is C19H22O4. The summed E-state index contributed by atoms with van der Waals surface area (Å²) in [6, 6.07) is 0. The van der Waals surface area contributed by atoms with E-state index in [1.165, 1.54) is 18.2 Å².